The van der Waals surface area contributed by atoms with Gasteiger partial charge in [-0.05, 0) is 29.7 Å². The molecule has 2 aromatic rings. The van der Waals surface area contributed by atoms with E-state index in [1.807, 2.05) is 42.5 Å². The number of carbonyl (C=O) groups is 2. The summed E-state index contributed by atoms with van der Waals surface area (Å²) >= 11 is 0. The number of nitrogens with zero attached hydrogens (tertiary/aromatic N) is 1. The van der Waals surface area contributed by atoms with Crippen molar-refractivity contribution in [1.29, 1.82) is 0 Å². The Bertz CT molecular complexity index is 949. The van der Waals surface area contributed by atoms with Gasteiger partial charge in [-0.2, -0.15) is 0 Å². The van der Waals surface area contributed by atoms with E-state index in [1.165, 1.54) is 4.90 Å². The number of ether oxygens (including phenoxy) is 1. The minimum atomic E-state index is -3.08. The van der Waals surface area contributed by atoms with Crippen LogP contribution in [0.25, 0.3) is 10.8 Å². The van der Waals surface area contributed by atoms with Gasteiger partial charge in [0.2, 0.25) is 0 Å². The molecule has 0 bridgehead atoms. The predicted octanol–water partition coefficient (Wildman–Crippen LogP) is 1.96. The van der Waals surface area contributed by atoms with Crippen LogP contribution >= 0.6 is 0 Å². The summed E-state index contributed by atoms with van der Waals surface area (Å²) in [6, 6.07) is 13.2. The average Bonchev–Trinajstić information content (AvgIpc) is 3.00. The number of likely N-dealkylation sites (N-methyl/N-ethyl adjacent to an activating group) is 1. The van der Waals surface area contributed by atoms with E-state index in [0.717, 1.165) is 16.3 Å². The SMILES string of the molecule is CCN(C(=O)COC(=O)Cc1cccc2ccccc12)[C@H]1CCS(=O)(=O)C1. The van der Waals surface area contributed by atoms with Crippen molar-refractivity contribution in [2.75, 3.05) is 24.7 Å². The van der Waals surface area contributed by atoms with Crippen LogP contribution in [-0.4, -0.2) is 55.9 Å². The molecule has 2 aromatic carbocycles. The zero-order chi connectivity index (χ0) is 19.4. The van der Waals surface area contributed by atoms with Crippen LogP contribution in [0, 0.1) is 0 Å². The zero-order valence-electron chi connectivity index (χ0n) is 15.3. The molecular formula is C20H23NO5S. The monoisotopic (exact) mass is 389 g/mol. The normalized spacial score (nSPS) is 18.3. The smallest absolute Gasteiger partial charge is 0.310 e. The number of hydrogen-bond donors (Lipinski definition) is 0. The molecule has 27 heavy (non-hydrogen) atoms. The summed E-state index contributed by atoms with van der Waals surface area (Å²) in [4.78, 5) is 26.1. The number of esters is 1. The van der Waals surface area contributed by atoms with Gasteiger partial charge in [0.25, 0.3) is 5.91 Å². The lowest BCUT2D eigenvalue weighted by Crippen LogP contribution is -2.43. The molecule has 0 aliphatic carbocycles. The maximum atomic E-state index is 12.4. The third-order valence-electron chi connectivity index (χ3n) is 4.88. The van der Waals surface area contributed by atoms with Crippen molar-refractivity contribution in [3.05, 3.63) is 48.0 Å². The summed E-state index contributed by atoms with van der Waals surface area (Å²) in [5, 5.41) is 2.02. The molecule has 1 aliphatic heterocycles. The highest BCUT2D eigenvalue weighted by Crippen LogP contribution is 2.20. The first-order valence-electron chi connectivity index (χ1n) is 9.02. The highest BCUT2D eigenvalue weighted by Gasteiger charge is 2.34. The molecule has 1 aliphatic rings. The van der Waals surface area contributed by atoms with Crippen LogP contribution in [0.3, 0.4) is 0 Å². The van der Waals surface area contributed by atoms with Gasteiger partial charge in [0, 0.05) is 12.6 Å². The van der Waals surface area contributed by atoms with Crippen LogP contribution in [0.4, 0.5) is 0 Å². The van der Waals surface area contributed by atoms with Crippen molar-refractivity contribution in [2.45, 2.75) is 25.8 Å². The summed E-state index contributed by atoms with van der Waals surface area (Å²) in [5.41, 5.74) is 0.847. The first-order chi connectivity index (χ1) is 12.9. The molecule has 0 spiro atoms. The van der Waals surface area contributed by atoms with Crippen molar-refractivity contribution in [3.8, 4) is 0 Å². The molecule has 3 rings (SSSR count). The van der Waals surface area contributed by atoms with Gasteiger partial charge in [-0.15, -0.1) is 0 Å². The van der Waals surface area contributed by atoms with Crippen molar-refractivity contribution < 1.29 is 22.7 Å². The highest BCUT2D eigenvalue weighted by molar-refractivity contribution is 7.91. The molecule has 7 heteroatoms. The molecule has 1 saturated heterocycles. The first-order valence-corrected chi connectivity index (χ1v) is 10.8. The van der Waals surface area contributed by atoms with E-state index in [4.69, 9.17) is 4.74 Å². The summed E-state index contributed by atoms with van der Waals surface area (Å²) in [7, 11) is -3.08. The standard InChI is InChI=1S/C20H23NO5S/c1-2-21(17-10-11-27(24,25)14-17)19(22)13-26-20(23)12-16-8-5-7-15-6-3-4-9-18(15)16/h3-9,17H,2,10-14H2,1H3/t17-/m0/s1. The lowest BCUT2D eigenvalue weighted by atomic mass is 10.0. The van der Waals surface area contributed by atoms with E-state index in [2.05, 4.69) is 0 Å². The molecule has 1 amide bonds. The first kappa shape index (κ1) is 19.4. The Morgan fingerprint density at radius 3 is 2.59 bits per heavy atom. The summed E-state index contributed by atoms with van der Waals surface area (Å²) in [6.45, 7) is 1.81. The van der Waals surface area contributed by atoms with E-state index in [-0.39, 0.29) is 36.5 Å². The number of rotatable bonds is 6. The molecule has 0 N–H and O–H groups in total. The minimum Gasteiger partial charge on any atom is -0.455 e. The van der Waals surface area contributed by atoms with E-state index < -0.39 is 15.8 Å². The molecule has 0 radical (unpaired) electrons. The highest BCUT2D eigenvalue weighted by atomic mass is 32.2. The Morgan fingerprint density at radius 2 is 1.89 bits per heavy atom. The second-order valence-electron chi connectivity index (χ2n) is 6.71. The van der Waals surface area contributed by atoms with E-state index >= 15 is 0 Å². The van der Waals surface area contributed by atoms with Gasteiger partial charge in [0.05, 0.1) is 17.9 Å². The molecule has 1 heterocycles. The third-order valence-corrected chi connectivity index (χ3v) is 6.63. The summed E-state index contributed by atoms with van der Waals surface area (Å²) < 4.78 is 28.4. The van der Waals surface area contributed by atoms with Crippen LogP contribution < -0.4 is 0 Å². The number of amides is 1. The second kappa shape index (κ2) is 8.08. The quantitative estimate of drug-likeness (QED) is 0.706. The Morgan fingerprint density at radius 1 is 1.15 bits per heavy atom. The van der Waals surface area contributed by atoms with Crippen LogP contribution in [0.15, 0.2) is 42.5 Å². The number of sulfone groups is 1. The van der Waals surface area contributed by atoms with E-state index in [9.17, 15) is 18.0 Å². The van der Waals surface area contributed by atoms with Crippen LogP contribution in [0.2, 0.25) is 0 Å². The topological polar surface area (TPSA) is 80.8 Å². The molecule has 1 fully saturated rings. The molecule has 0 unspecified atom stereocenters. The third kappa shape index (κ3) is 4.66. The molecule has 1 atom stereocenters. The number of hydrogen-bond acceptors (Lipinski definition) is 5. The van der Waals surface area contributed by atoms with Crippen LogP contribution in [-0.2, 0) is 30.6 Å². The predicted molar refractivity (Wildman–Crippen MR) is 103 cm³/mol. The molecular weight excluding hydrogens is 366 g/mol. The van der Waals surface area contributed by atoms with Gasteiger partial charge < -0.3 is 9.64 Å². The number of carbonyl (C=O) groups excluding carboxylic acids is 2. The maximum Gasteiger partial charge on any atom is 0.310 e. The number of benzene rings is 2. The van der Waals surface area contributed by atoms with Gasteiger partial charge in [-0.25, -0.2) is 8.42 Å². The summed E-state index contributed by atoms with van der Waals surface area (Å²) in [5.74, 6) is -0.751. The Kier molecular flexibility index (Phi) is 5.79. The molecule has 0 saturated carbocycles. The molecule has 144 valence electrons. The number of fused-ring (bicyclic) bond motifs is 1. The second-order valence-corrected chi connectivity index (χ2v) is 8.94. The maximum absolute atomic E-state index is 12.4. The average molecular weight is 389 g/mol. The minimum absolute atomic E-state index is 0.0173. The molecule has 0 aromatic heterocycles. The van der Waals surface area contributed by atoms with Crippen molar-refractivity contribution in [3.63, 3.8) is 0 Å². The van der Waals surface area contributed by atoms with Gasteiger partial charge in [-0.1, -0.05) is 42.5 Å². The van der Waals surface area contributed by atoms with Crippen molar-refractivity contribution >= 4 is 32.5 Å². The largest absolute Gasteiger partial charge is 0.455 e. The van der Waals surface area contributed by atoms with Gasteiger partial charge >= 0.3 is 5.97 Å². The lowest BCUT2D eigenvalue weighted by molar-refractivity contribution is -0.152. The zero-order valence-corrected chi connectivity index (χ0v) is 16.1. The van der Waals surface area contributed by atoms with Gasteiger partial charge in [-0.3, -0.25) is 9.59 Å². The Balaban J connectivity index is 1.59. The Hall–Kier alpha value is -2.41. The van der Waals surface area contributed by atoms with Gasteiger partial charge in [0.1, 0.15) is 0 Å². The fourth-order valence-electron chi connectivity index (χ4n) is 3.54. The van der Waals surface area contributed by atoms with Gasteiger partial charge in [0.15, 0.2) is 16.4 Å². The van der Waals surface area contributed by atoms with Crippen molar-refractivity contribution in [2.24, 2.45) is 0 Å². The summed E-state index contributed by atoms with van der Waals surface area (Å²) in [6.07, 6.45) is 0.518. The van der Waals surface area contributed by atoms with E-state index in [1.54, 1.807) is 6.92 Å². The fraction of sp³-hybridized carbons (Fsp3) is 0.400. The molecule has 6 nitrogen and oxygen atoms in total. The fourth-order valence-corrected chi connectivity index (χ4v) is 5.27. The van der Waals surface area contributed by atoms with Crippen LogP contribution in [0.1, 0.15) is 18.9 Å². The Labute approximate surface area is 159 Å². The van der Waals surface area contributed by atoms with E-state index in [0.29, 0.717) is 13.0 Å². The van der Waals surface area contributed by atoms with Crippen molar-refractivity contribution in [1.82, 2.24) is 4.90 Å². The van der Waals surface area contributed by atoms with Crippen LogP contribution in [0.5, 0.6) is 0 Å². The lowest BCUT2D eigenvalue weighted by Gasteiger charge is -2.26.